The minimum Gasteiger partial charge on any atom is -0.338 e. The van der Waals surface area contributed by atoms with Crippen molar-refractivity contribution < 1.29 is 13.2 Å². The zero-order valence-corrected chi connectivity index (χ0v) is 16.9. The van der Waals surface area contributed by atoms with E-state index in [1.165, 1.54) is 5.56 Å². The Bertz CT molecular complexity index is 928. The number of fused-ring (bicyclic) bond motifs is 1. The van der Waals surface area contributed by atoms with Gasteiger partial charge in [0.1, 0.15) is 0 Å². The highest BCUT2D eigenvalue weighted by atomic mass is 32.2. The van der Waals surface area contributed by atoms with Crippen LogP contribution in [-0.2, 0) is 16.4 Å². The Morgan fingerprint density at radius 1 is 0.929 bits per heavy atom. The van der Waals surface area contributed by atoms with E-state index in [0.29, 0.717) is 17.4 Å². The van der Waals surface area contributed by atoms with E-state index in [-0.39, 0.29) is 16.6 Å². The third-order valence-electron chi connectivity index (χ3n) is 5.94. The van der Waals surface area contributed by atoms with Crippen molar-refractivity contribution in [2.75, 3.05) is 31.9 Å². The summed E-state index contributed by atoms with van der Waals surface area (Å²) in [7, 11) is -3.23. The first-order valence-corrected chi connectivity index (χ1v) is 11.5. The van der Waals surface area contributed by atoms with Gasteiger partial charge < -0.3 is 4.90 Å². The van der Waals surface area contributed by atoms with Crippen LogP contribution in [0.15, 0.2) is 59.5 Å². The first-order valence-electron chi connectivity index (χ1n) is 9.84. The molecule has 2 aromatic rings. The molecule has 2 atom stereocenters. The maximum Gasteiger partial charge on any atom is 0.253 e. The van der Waals surface area contributed by atoms with Gasteiger partial charge in [0.25, 0.3) is 5.91 Å². The second-order valence-corrected chi connectivity index (χ2v) is 10.1. The summed E-state index contributed by atoms with van der Waals surface area (Å²) in [5.41, 5.74) is 1.90. The van der Waals surface area contributed by atoms with Crippen molar-refractivity contribution in [1.82, 2.24) is 9.80 Å². The van der Waals surface area contributed by atoms with Crippen LogP contribution in [0, 0.1) is 11.8 Å². The Morgan fingerprint density at radius 3 is 2.11 bits per heavy atom. The molecular weight excluding hydrogens is 372 g/mol. The second-order valence-electron chi connectivity index (χ2n) is 7.84. The third kappa shape index (κ3) is 3.84. The van der Waals surface area contributed by atoms with Crippen LogP contribution in [0.2, 0.25) is 0 Å². The van der Waals surface area contributed by atoms with E-state index in [2.05, 4.69) is 29.2 Å². The standard InChI is InChI=1S/C22H26N2O3S/c1-2-28(26,27)21-10-8-18(9-11-21)22(25)24-15-19-13-23(14-20(19)16-24)12-17-6-4-3-5-7-17/h3-11,19-20H,2,12-16H2,1H3/t19-,20-/m0/s1. The fourth-order valence-electron chi connectivity index (χ4n) is 4.38. The van der Waals surface area contributed by atoms with Gasteiger partial charge in [0.15, 0.2) is 9.84 Å². The number of likely N-dealkylation sites (tertiary alicyclic amines) is 2. The average molecular weight is 399 g/mol. The number of benzene rings is 2. The van der Waals surface area contributed by atoms with E-state index < -0.39 is 9.84 Å². The SMILES string of the molecule is CCS(=O)(=O)c1ccc(C(=O)N2C[C@@H]3CN(Cc4ccccc4)C[C@H]3C2)cc1. The molecule has 2 aromatic carbocycles. The molecule has 0 aliphatic carbocycles. The predicted octanol–water partition coefficient (Wildman–Crippen LogP) is 2.68. The molecular formula is C22H26N2O3S. The lowest BCUT2D eigenvalue weighted by Gasteiger charge is -2.22. The number of amides is 1. The van der Waals surface area contributed by atoms with Gasteiger partial charge in [-0.05, 0) is 41.7 Å². The number of nitrogens with zero attached hydrogens (tertiary/aromatic N) is 2. The summed E-state index contributed by atoms with van der Waals surface area (Å²) in [5.74, 6) is 1.11. The summed E-state index contributed by atoms with van der Waals surface area (Å²) in [5, 5.41) is 0. The topological polar surface area (TPSA) is 57.7 Å². The van der Waals surface area contributed by atoms with Crippen molar-refractivity contribution in [3.8, 4) is 0 Å². The maximum absolute atomic E-state index is 12.8. The molecule has 0 saturated carbocycles. The lowest BCUT2D eigenvalue weighted by atomic mass is 10.0. The first kappa shape index (κ1) is 19.2. The summed E-state index contributed by atoms with van der Waals surface area (Å²) >= 11 is 0. The predicted molar refractivity (Wildman–Crippen MR) is 109 cm³/mol. The van der Waals surface area contributed by atoms with Crippen molar-refractivity contribution in [2.45, 2.75) is 18.4 Å². The monoisotopic (exact) mass is 398 g/mol. The zero-order valence-electron chi connectivity index (χ0n) is 16.1. The molecule has 2 fully saturated rings. The minimum absolute atomic E-state index is 0.00413. The van der Waals surface area contributed by atoms with Crippen LogP contribution in [0.25, 0.3) is 0 Å². The number of carbonyl (C=O) groups is 1. The van der Waals surface area contributed by atoms with Crippen LogP contribution >= 0.6 is 0 Å². The molecule has 5 nitrogen and oxygen atoms in total. The minimum atomic E-state index is -3.23. The van der Waals surface area contributed by atoms with Crippen LogP contribution in [0.5, 0.6) is 0 Å². The van der Waals surface area contributed by atoms with Gasteiger partial charge in [0.05, 0.1) is 10.6 Å². The number of rotatable bonds is 5. The Labute approximate surface area is 166 Å². The van der Waals surface area contributed by atoms with Gasteiger partial charge >= 0.3 is 0 Å². The molecule has 0 spiro atoms. The van der Waals surface area contributed by atoms with E-state index in [4.69, 9.17) is 0 Å². The van der Waals surface area contributed by atoms with Gasteiger partial charge in [-0.1, -0.05) is 37.3 Å². The van der Waals surface area contributed by atoms with Crippen molar-refractivity contribution in [2.24, 2.45) is 11.8 Å². The molecule has 4 rings (SSSR count). The molecule has 2 aliphatic heterocycles. The van der Waals surface area contributed by atoms with Gasteiger partial charge in [-0.3, -0.25) is 9.69 Å². The Morgan fingerprint density at radius 2 is 1.54 bits per heavy atom. The molecule has 2 aliphatic rings. The van der Waals surface area contributed by atoms with E-state index in [0.717, 1.165) is 32.7 Å². The molecule has 0 bridgehead atoms. The highest BCUT2D eigenvalue weighted by molar-refractivity contribution is 7.91. The number of hydrogen-bond acceptors (Lipinski definition) is 4. The van der Waals surface area contributed by atoms with Gasteiger partial charge in [0.2, 0.25) is 0 Å². The van der Waals surface area contributed by atoms with Crippen LogP contribution in [-0.4, -0.2) is 56.1 Å². The highest BCUT2D eigenvalue weighted by Crippen LogP contribution is 2.32. The largest absolute Gasteiger partial charge is 0.338 e. The van der Waals surface area contributed by atoms with Crippen molar-refractivity contribution >= 4 is 15.7 Å². The van der Waals surface area contributed by atoms with Crippen LogP contribution in [0.1, 0.15) is 22.8 Å². The Hall–Kier alpha value is -2.18. The molecule has 148 valence electrons. The lowest BCUT2D eigenvalue weighted by Crippen LogP contribution is -2.33. The quantitative estimate of drug-likeness (QED) is 0.777. The fraction of sp³-hybridized carbons (Fsp3) is 0.409. The average Bonchev–Trinajstić information content (AvgIpc) is 3.27. The van der Waals surface area contributed by atoms with E-state index in [1.54, 1.807) is 31.2 Å². The van der Waals surface area contributed by atoms with Crippen LogP contribution in [0.4, 0.5) is 0 Å². The molecule has 0 unspecified atom stereocenters. The van der Waals surface area contributed by atoms with Crippen molar-refractivity contribution in [3.63, 3.8) is 0 Å². The number of hydrogen-bond donors (Lipinski definition) is 0. The Kier molecular flexibility index (Phi) is 5.25. The first-order chi connectivity index (χ1) is 13.5. The van der Waals surface area contributed by atoms with Crippen LogP contribution < -0.4 is 0 Å². The number of carbonyl (C=O) groups excluding carboxylic acids is 1. The van der Waals surface area contributed by atoms with Gasteiger partial charge in [0, 0.05) is 38.3 Å². The van der Waals surface area contributed by atoms with Crippen LogP contribution in [0.3, 0.4) is 0 Å². The number of sulfone groups is 1. The summed E-state index contributed by atoms with van der Waals surface area (Å²) in [6.45, 7) is 6.20. The smallest absolute Gasteiger partial charge is 0.253 e. The molecule has 6 heteroatoms. The van der Waals surface area contributed by atoms with E-state index in [1.807, 2.05) is 11.0 Å². The summed E-state index contributed by atoms with van der Waals surface area (Å²) in [4.78, 5) is 17.5. The lowest BCUT2D eigenvalue weighted by molar-refractivity contribution is 0.0773. The second kappa shape index (κ2) is 7.68. The molecule has 0 aromatic heterocycles. The molecule has 0 radical (unpaired) electrons. The summed E-state index contributed by atoms with van der Waals surface area (Å²) in [6.07, 6.45) is 0. The summed E-state index contributed by atoms with van der Waals surface area (Å²) < 4.78 is 23.9. The summed E-state index contributed by atoms with van der Waals surface area (Å²) in [6, 6.07) is 16.9. The van der Waals surface area contributed by atoms with Gasteiger partial charge in [-0.15, -0.1) is 0 Å². The molecule has 2 heterocycles. The van der Waals surface area contributed by atoms with Crippen molar-refractivity contribution in [3.05, 3.63) is 65.7 Å². The molecule has 28 heavy (non-hydrogen) atoms. The van der Waals surface area contributed by atoms with E-state index >= 15 is 0 Å². The fourth-order valence-corrected chi connectivity index (χ4v) is 5.26. The van der Waals surface area contributed by atoms with Crippen molar-refractivity contribution in [1.29, 1.82) is 0 Å². The molecule has 2 saturated heterocycles. The molecule has 1 amide bonds. The molecule has 0 N–H and O–H groups in total. The van der Waals surface area contributed by atoms with Gasteiger partial charge in [-0.25, -0.2) is 8.42 Å². The Balaban J connectivity index is 1.36. The highest BCUT2D eigenvalue weighted by Gasteiger charge is 2.41. The third-order valence-corrected chi connectivity index (χ3v) is 7.69. The zero-order chi connectivity index (χ0) is 19.7. The van der Waals surface area contributed by atoms with Gasteiger partial charge in [-0.2, -0.15) is 0 Å². The maximum atomic E-state index is 12.8. The normalized spacial score (nSPS) is 22.4. The van der Waals surface area contributed by atoms with E-state index in [9.17, 15) is 13.2 Å².